The van der Waals surface area contributed by atoms with Crippen molar-refractivity contribution in [3.05, 3.63) is 34.4 Å². The molecule has 1 aliphatic carbocycles. The van der Waals surface area contributed by atoms with E-state index in [2.05, 4.69) is 0 Å². The summed E-state index contributed by atoms with van der Waals surface area (Å²) in [6.45, 7) is 5.94. The lowest BCUT2D eigenvalue weighted by atomic mass is 9.72. The molecule has 3 saturated heterocycles. The fourth-order valence-electron chi connectivity index (χ4n) is 6.61. The molecule has 3 unspecified atom stereocenters. The van der Waals surface area contributed by atoms with E-state index in [1.165, 1.54) is 11.9 Å². The normalized spacial score (nSPS) is 37.6. The predicted molar refractivity (Wildman–Crippen MR) is 108 cm³/mol. The van der Waals surface area contributed by atoms with Crippen LogP contribution in [0, 0.1) is 44.4 Å². The first kappa shape index (κ1) is 19.6. The average Bonchev–Trinajstić information content (AvgIpc) is 3.37. The van der Waals surface area contributed by atoms with Gasteiger partial charge in [-0.1, -0.05) is 17.7 Å². The molecule has 7 atom stereocenters. The molecule has 6 heteroatoms. The molecule has 5 rings (SSSR count). The van der Waals surface area contributed by atoms with Gasteiger partial charge in [0.15, 0.2) is 5.78 Å². The molecule has 6 nitrogen and oxygen atoms in total. The quantitative estimate of drug-likeness (QED) is 0.565. The molecule has 1 aromatic carbocycles. The Morgan fingerprint density at radius 2 is 1.63 bits per heavy atom. The van der Waals surface area contributed by atoms with Gasteiger partial charge in [0.05, 0.1) is 24.0 Å². The van der Waals surface area contributed by atoms with Crippen molar-refractivity contribution in [3.63, 3.8) is 0 Å². The number of Topliss-reactive ketones (excluding diaryl/α,β-unsaturated/α-hetero) is 2. The summed E-state index contributed by atoms with van der Waals surface area (Å²) in [7, 11) is 1.54. The van der Waals surface area contributed by atoms with Gasteiger partial charge in [0, 0.05) is 19.4 Å². The van der Waals surface area contributed by atoms with Crippen molar-refractivity contribution in [3.8, 4) is 0 Å². The fourth-order valence-corrected chi connectivity index (χ4v) is 6.61. The zero-order valence-electron chi connectivity index (χ0n) is 17.8. The van der Waals surface area contributed by atoms with Gasteiger partial charge in [-0.05, 0) is 56.2 Å². The summed E-state index contributed by atoms with van der Waals surface area (Å²) in [5.74, 6) is -2.07. The Hall–Kier alpha value is -2.34. The third kappa shape index (κ3) is 2.59. The number of fused-ring (bicyclic) bond motifs is 5. The molecule has 0 spiro atoms. The topological polar surface area (TPSA) is 80.8 Å². The van der Waals surface area contributed by atoms with Gasteiger partial charge in [0.2, 0.25) is 11.8 Å². The molecule has 1 saturated carbocycles. The number of carbonyl (C=O) groups is 4. The number of carbonyl (C=O) groups excluding carboxylic acids is 4. The number of nitrogens with zero attached hydrogens (tertiary/aromatic N) is 1. The molecular formula is C24H27NO5. The van der Waals surface area contributed by atoms with E-state index in [1.54, 1.807) is 0 Å². The standard InChI is InChI=1S/C24H27NO5/c1-10-5-11(2)17(12(3)6-10)18-15(26)8-13(21(18)27)7-14-9-16-19-20(22(14)30-16)24(29)25(4)23(19)28/h5-6,13-14,16,18-20,22H,7-9H2,1-4H3/t13?,14?,16-,18?,19+,20+,22+/m0/s1. The third-order valence-electron chi connectivity index (χ3n) is 7.77. The maximum atomic E-state index is 13.3. The van der Waals surface area contributed by atoms with Crippen LogP contribution in [0.4, 0.5) is 0 Å². The summed E-state index contributed by atoms with van der Waals surface area (Å²) in [6.07, 6.45) is 0.942. The van der Waals surface area contributed by atoms with Gasteiger partial charge in [-0.3, -0.25) is 24.1 Å². The number of aryl methyl sites for hydroxylation is 3. The summed E-state index contributed by atoms with van der Waals surface area (Å²) < 4.78 is 6.01. The number of hydrogen-bond donors (Lipinski definition) is 0. The highest BCUT2D eigenvalue weighted by Gasteiger charge is 2.64. The van der Waals surface area contributed by atoms with Crippen LogP contribution >= 0.6 is 0 Å². The molecule has 0 N–H and O–H groups in total. The van der Waals surface area contributed by atoms with Crippen LogP contribution in [0.15, 0.2) is 12.1 Å². The van der Waals surface area contributed by atoms with Crippen molar-refractivity contribution >= 4 is 23.4 Å². The van der Waals surface area contributed by atoms with Crippen molar-refractivity contribution in [1.29, 1.82) is 0 Å². The Kier molecular flexibility index (Phi) is 4.30. The Bertz CT molecular complexity index is 974. The Morgan fingerprint density at radius 3 is 2.30 bits per heavy atom. The monoisotopic (exact) mass is 409 g/mol. The smallest absolute Gasteiger partial charge is 0.235 e. The molecular weight excluding hydrogens is 382 g/mol. The average molecular weight is 409 g/mol. The molecule has 2 amide bonds. The van der Waals surface area contributed by atoms with Crippen LogP contribution in [-0.2, 0) is 23.9 Å². The summed E-state index contributed by atoms with van der Waals surface area (Å²) in [6, 6.07) is 4.05. The zero-order valence-corrected chi connectivity index (χ0v) is 17.8. The van der Waals surface area contributed by atoms with E-state index >= 15 is 0 Å². The van der Waals surface area contributed by atoms with Crippen LogP contribution < -0.4 is 0 Å². The number of likely N-dealkylation sites (tertiary alicyclic amines) is 1. The van der Waals surface area contributed by atoms with Crippen LogP contribution in [-0.4, -0.2) is 47.5 Å². The van der Waals surface area contributed by atoms with E-state index in [0.717, 1.165) is 22.3 Å². The SMILES string of the molecule is Cc1cc(C)c(C2C(=O)CC(CC3C[C@@H]4O[C@H]3[C@@H]3C(=O)N(C)C(=O)[C@@H]34)C2=O)c(C)c1. The van der Waals surface area contributed by atoms with Gasteiger partial charge in [-0.25, -0.2) is 0 Å². The summed E-state index contributed by atoms with van der Waals surface area (Å²) in [4.78, 5) is 52.3. The molecule has 3 aliphatic heterocycles. The first-order valence-corrected chi connectivity index (χ1v) is 10.8. The molecule has 0 aromatic heterocycles. The third-order valence-corrected chi connectivity index (χ3v) is 7.77. The Balaban J connectivity index is 1.36. The van der Waals surface area contributed by atoms with Crippen molar-refractivity contribution in [2.24, 2.45) is 23.7 Å². The second-order valence-corrected chi connectivity index (χ2v) is 9.67. The molecule has 3 heterocycles. The summed E-state index contributed by atoms with van der Waals surface area (Å²) >= 11 is 0. The number of hydrogen-bond acceptors (Lipinski definition) is 5. The maximum Gasteiger partial charge on any atom is 0.235 e. The lowest BCUT2D eigenvalue weighted by Crippen LogP contribution is -2.36. The lowest BCUT2D eigenvalue weighted by Gasteiger charge is -2.26. The lowest BCUT2D eigenvalue weighted by molar-refractivity contribution is -0.141. The molecule has 0 radical (unpaired) electrons. The highest BCUT2D eigenvalue weighted by molar-refractivity contribution is 6.15. The van der Waals surface area contributed by atoms with Crippen molar-refractivity contribution in [1.82, 2.24) is 4.90 Å². The molecule has 1 aromatic rings. The highest BCUT2D eigenvalue weighted by Crippen LogP contribution is 2.53. The van der Waals surface area contributed by atoms with Gasteiger partial charge in [-0.2, -0.15) is 0 Å². The van der Waals surface area contributed by atoms with E-state index in [-0.39, 0.29) is 59.8 Å². The molecule has 4 aliphatic rings. The molecule has 158 valence electrons. The molecule has 4 fully saturated rings. The van der Waals surface area contributed by atoms with Gasteiger partial charge in [0.25, 0.3) is 0 Å². The van der Waals surface area contributed by atoms with Crippen LogP contribution in [0.5, 0.6) is 0 Å². The number of ketones is 2. The van der Waals surface area contributed by atoms with Crippen molar-refractivity contribution in [2.75, 3.05) is 7.05 Å². The fraction of sp³-hybridized carbons (Fsp3) is 0.583. The van der Waals surface area contributed by atoms with E-state index in [4.69, 9.17) is 4.74 Å². The van der Waals surface area contributed by atoms with Gasteiger partial charge in [0.1, 0.15) is 11.7 Å². The second-order valence-electron chi connectivity index (χ2n) is 9.67. The highest BCUT2D eigenvalue weighted by atomic mass is 16.5. The second kappa shape index (κ2) is 6.58. The van der Waals surface area contributed by atoms with Gasteiger partial charge < -0.3 is 4.74 Å². The van der Waals surface area contributed by atoms with Crippen LogP contribution in [0.2, 0.25) is 0 Å². The number of benzene rings is 1. The Morgan fingerprint density at radius 1 is 1.00 bits per heavy atom. The number of imide groups is 1. The summed E-state index contributed by atoms with van der Waals surface area (Å²) in [5.41, 5.74) is 3.96. The summed E-state index contributed by atoms with van der Waals surface area (Å²) in [5, 5.41) is 0. The van der Waals surface area contributed by atoms with Crippen LogP contribution in [0.3, 0.4) is 0 Å². The first-order chi connectivity index (χ1) is 14.2. The van der Waals surface area contributed by atoms with Crippen molar-refractivity contribution < 1.29 is 23.9 Å². The minimum atomic E-state index is -0.677. The minimum Gasteiger partial charge on any atom is -0.373 e. The number of rotatable bonds is 3. The maximum absolute atomic E-state index is 13.3. The van der Waals surface area contributed by atoms with Gasteiger partial charge >= 0.3 is 0 Å². The Labute approximate surface area is 175 Å². The number of ether oxygens (including phenoxy) is 1. The van der Waals surface area contributed by atoms with Crippen molar-refractivity contribution in [2.45, 2.75) is 58.2 Å². The van der Waals surface area contributed by atoms with E-state index in [0.29, 0.717) is 12.8 Å². The molecule has 30 heavy (non-hydrogen) atoms. The predicted octanol–water partition coefficient (Wildman–Crippen LogP) is 2.26. The number of amides is 2. The minimum absolute atomic E-state index is 0.000296. The molecule has 2 bridgehead atoms. The zero-order chi connectivity index (χ0) is 21.5. The first-order valence-electron chi connectivity index (χ1n) is 10.8. The van der Waals surface area contributed by atoms with E-state index in [9.17, 15) is 19.2 Å². The van der Waals surface area contributed by atoms with Gasteiger partial charge in [-0.15, -0.1) is 0 Å². The van der Waals surface area contributed by atoms with Crippen LogP contribution in [0.1, 0.15) is 47.4 Å². The van der Waals surface area contributed by atoms with Crippen LogP contribution in [0.25, 0.3) is 0 Å². The van der Waals surface area contributed by atoms with E-state index in [1.807, 2.05) is 32.9 Å². The van der Waals surface area contributed by atoms with E-state index < -0.39 is 11.8 Å². The largest absolute Gasteiger partial charge is 0.373 e.